The summed E-state index contributed by atoms with van der Waals surface area (Å²) in [4.78, 5) is 29.1. The van der Waals surface area contributed by atoms with Crippen molar-refractivity contribution < 1.29 is 23.8 Å². The molecule has 0 aliphatic heterocycles. The summed E-state index contributed by atoms with van der Waals surface area (Å²) in [6.07, 6.45) is 0. The highest BCUT2D eigenvalue weighted by atomic mass is 16.6. The van der Waals surface area contributed by atoms with Crippen LogP contribution in [-0.2, 0) is 14.3 Å². The van der Waals surface area contributed by atoms with Crippen LogP contribution in [0, 0.1) is 6.92 Å². The van der Waals surface area contributed by atoms with E-state index in [1.54, 1.807) is 43.3 Å². The third-order valence-corrected chi connectivity index (χ3v) is 5.17. The van der Waals surface area contributed by atoms with Crippen LogP contribution in [0.25, 0.3) is 22.2 Å². The molecule has 0 aliphatic carbocycles. The fourth-order valence-electron chi connectivity index (χ4n) is 3.47. The Labute approximate surface area is 203 Å². The molecule has 178 valence electrons. The molecule has 0 spiro atoms. The minimum atomic E-state index is -0.461. The summed E-state index contributed by atoms with van der Waals surface area (Å²) in [5, 5.41) is 3.49. The molecule has 4 aromatic rings. The molecule has 7 heteroatoms. The second-order valence-corrected chi connectivity index (χ2v) is 7.85. The van der Waals surface area contributed by atoms with Crippen molar-refractivity contribution in [2.45, 2.75) is 13.8 Å². The molecule has 7 nitrogen and oxygen atoms in total. The van der Waals surface area contributed by atoms with Crippen LogP contribution in [0.15, 0.2) is 78.9 Å². The zero-order valence-corrected chi connectivity index (χ0v) is 19.6. The number of fused-ring (bicyclic) bond motifs is 1. The summed E-state index contributed by atoms with van der Waals surface area (Å²) in [6, 6.07) is 24.2. The average Bonchev–Trinajstić information content (AvgIpc) is 2.87. The number of hydrogen-bond acceptors (Lipinski definition) is 6. The van der Waals surface area contributed by atoms with Crippen molar-refractivity contribution in [3.63, 3.8) is 0 Å². The number of benzene rings is 3. The van der Waals surface area contributed by atoms with Gasteiger partial charge in [0.05, 0.1) is 17.8 Å². The summed E-state index contributed by atoms with van der Waals surface area (Å²) >= 11 is 0. The van der Waals surface area contributed by atoms with E-state index < -0.39 is 5.97 Å². The van der Waals surface area contributed by atoms with E-state index in [-0.39, 0.29) is 25.7 Å². The van der Waals surface area contributed by atoms with Gasteiger partial charge >= 0.3 is 5.97 Å². The second-order valence-electron chi connectivity index (χ2n) is 7.85. The van der Waals surface area contributed by atoms with Gasteiger partial charge in [0.25, 0.3) is 5.91 Å². The van der Waals surface area contributed by atoms with Gasteiger partial charge in [0.2, 0.25) is 0 Å². The molecule has 35 heavy (non-hydrogen) atoms. The lowest BCUT2D eigenvalue weighted by molar-refractivity contribution is -0.145. The maximum Gasteiger partial charge on any atom is 0.344 e. The number of carbonyl (C=O) groups is 2. The van der Waals surface area contributed by atoms with Crippen molar-refractivity contribution in [3.8, 4) is 22.8 Å². The zero-order chi connectivity index (χ0) is 24.6. The number of ether oxygens (including phenoxy) is 3. The van der Waals surface area contributed by atoms with Gasteiger partial charge in [0.1, 0.15) is 11.5 Å². The van der Waals surface area contributed by atoms with Gasteiger partial charge in [-0.25, -0.2) is 9.78 Å². The lowest BCUT2D eigenvalue weighted by Gasteiger charge is -2.13. The lowest BCUT2D eigenvalue weighted by atomic mass is 10.1. The maximum absolute atomic E-state index is 12.4. The van der Waals surface area contributed by atoms with E-state index >= 15 is 0 Å². The molecule has 4 rings (SSSR count). The standard InChI is InChI=1S/C28H26N2O5/c1-3-33-28(32)18-35-26-16-25(20-11-9-19(2)10-12-20)30-24-14-13-21(15-23(24)26)29-27(31)17-34-22-7-5-4-6-8-22/h4-16H,3,17-18H2,1-2H3,(H,29,31). The highest BCUT2D eigenvalue weighted by Crippen LogP contribution is 2.32. The number of nitrogens with one attached hydrogen (secondary N) is 1. The van der Waals surface area contributed by atoms with Crippen LogP contribution in [0.3, 0.4) is 0 Å². The highest BCUT2D eigenvalue weighted by molar-refractivity contribution is 5.96. The molecule has 1 aromatic heterocycles. The average molecular weight is 471 g/mol. The number of esters is 1. The molecule has 0 radical (unpaired) electrons. The normalized spacial score (nSPS) is 10.6. The Hall–Kier alpha value is -4.39. The van der Waals surface area contributed by atoms with E-state index in [1.165, 1.54) is 0 Å². The van der Waals surface area contributed by atoms with Gasteiger partial charge in [-0.15, -0.1) is 0 Å². The number of rotatable bonds is 9. The SMILES string of the molecule is CCOC(=O)COc1cc(-c2ccc(C)cc2)nc2ccc(NC(=O)COc3ccccc3)cc12. The molecule has 0 saturated carbocycles. The molecule has 0 fully saturated rings. The van der Waals surface area contributed by atoms with E-state index in [4.69, 9.17) is 19.2 Å². The Morgan fingerprint density at radius 3 is 2.40 bits per heavy atom. The number of para-hydroxylation sites is 1. The number of nitrogens with zero attached hydrogens (tertiary/aromatic N) is 1. The summed E-state index contributed by atoms with van der Waals surface area (Å²) in [5.74, 6) is 0.321. The molecule has 1 amide bonds. The van der Waals surface area contributed by atoms with Crippen LogP contribution in [0.2, 0.25) is 0 Å². The fraction of sp³-hybridized carbons (Fsp3) is 0.179. The molecule has 1 N–H and O–H groups in total. The Kier molecular flexibility index (Phi) is 7.57. The number of aromatic nitrogens is 1. The number of carbonyl (C=O) groups excluding carboxylic acids is 2. The van der Waals surface area contributed by atoms with E-state index in [9.17, 15) is 9.59 Å². The predicted octanol–water partition coefficient (Wildman–Crippen LogP) is 5.17. The van der Waals surface area contributed by atoms with Gasteiger partial charge in [0, 0.05) is 22.7 Å². The van der Waals surface area contributed by atoms with Gasteiger partial charge < -0.3 is 19.5 Å². The molecule has 1 heterocycles. The van der Waals surface area contributed by atoms with E-state index in [2.05, 4.69) is 5.32 Å². The fourth-order valence-corrected chi connectivity index (χ4v) is 3.47. The largest absolute Gasteiger partial charge is 0.484 e. The zero-order valence-electron chi connectivity index (χ0n) is 19.6. The van der Waals surface area contributed by atoms with Crippen LogP contribution < -0.4 is 14.8 Å². The molecule has 3 aromatic carbocycles. The number of pyridine rings is 1. The van der Waals surface area contributed by atoms with Crippen molar-refractivity contribution in [2.24, 2.45) is 0 Å². The predicted molar refractivity (Wildman–Crippen MR) is 135 cm³/mol. The molecule has 0 atom stereocenters. The maximum atomic E-state index is 12.4. The Balaban J connectivity index is 1.59. The van der Waals surface area contributed by atoms with Gasteiger partial charge in [0.15, 0.2) is 13.2 Å². The van der Waals surface area contributed by atoms with Gasteiger partial charge in [-0.2, -0.15) is 0 Å². The summed E-state index contributed by atoms with van der Waals surface area (Å²) in [6.45, 7) is 3.67. The molecule has 0 saturated heterocycles. The third kappa shape index (κ3) is 6.35. The third-order valence-electron chi connectivity index (χ3n) is 5.17. The monoisotopic (exact) mass is 470 g/mol. The van der Waals surface area contributed by atoms with E-state index in [0.29, 0.717) is 33.8 Å². The number of aryl methyl sites for hydroxylation is 1. The van der Waals surface area contributed by atoms with Crippen LogP contribution in [-0.4, -0.2) is 36.7 Å². The van der Waals surface area contributed by atoms with Crippen molar-refractivity contribution in [1.82, 2.24) is 4.98 Å². The summed E-state index contributed by atoms with van der Waals surface area (Å²) < 4.78 is 16.3. The van der Waals surface area contributed by atoms with Gasteiger partial charge in [-0.3, -0.25) is 4.79 Å². The number of anilines is 1. The summed E-state index contributed by atoms with van der Waals surface area (Å²) in [5.41, 5.74) is 4.01. The quantitative estimate of drug-likeness (QED) is 0.340. The van der Waals surface area contributed by atoms with Crippen molar-refractivity contribution in [1.29, 1.82) is 0 Å². The Bertz CT molecular complexity index is 1320. The molecule has 0 bridgehead atoms. The number of amides is 1. The molecular formula is C28H26N2O5. The van der Waals surface area contributed by atoms with Crippen LogP contribution in [0.1, 0.15) is 12.5 Å². The first-order valence-corrected chi connectivity index (χ1v) is 11.3. The highest BCUT2D eigenvalue weighted by Gasteiger charge is 2.13. The van der Waals surface area contributed by atoms with Crippen molar-refractivity contribution in [2.75, 3.05) is 25.1 Å². The van der Waals surface area contributed by atoms with Crippen LogP contribution in [0.4, 0.5) is 5.69 Å². The smallest absolute Gasteiger partial charge is 0.344 e. The molecule has 0 aliphatic rings. The van der Waals surface area contributed by atoms with Crippen molar-refractivity contribution >= 4 is 28.5 Å². The minimum absolute atomic E-state index is 0.126. The number of hydrogen-bond donors (Lipinski definition) is 1. The van der Waals surface area contributed by atoms with Crippen LogP contribution >= 0.6 is 0 Å². The minimum Gasteiger partial charge on any atom is -0.484 e. The van der Waals surface area contributed by atoms with Gasteiger partial charge in [-0.05, 0) is 44.2 Å². The second kappa shape index (κ2) is 11.2. The first-order chi connectivity index (χ1) is 17.0. The molecule has 0 unspecified atom stereocenters. The first-order valence-electron chi connectivity index (χ1n) is 11.3. The molecular weight excluding hydrogens is 444 g/mol. The van der Waals surface area contributed by atoms with E-state index in [1.807, 2.05) is 49.4 Å². The topological polar surface area (TPSA) is 86.8 Å². The van der Waals surface area contributed by atoms with Crippen molar-refractivity contribution in [3.05, 3.63) is 84.4 Å². The van der Waals surface area contributed by atoms with E-state index in [0.717, 1.165) is 11.1 Å². The Morgan fingerprint density at radius 1 is 0.886 bits per heavy atom. The van der Waals surface area contributed by atoms with Crippen LogP contribution in [0.5, 0.6) is 11.5 Å². The lowest BCUT2D eigenvalue weighted by Crippen LogP contribution is -2.20. The van der Waals surface area contributed by atoms with Gasteiger partial charge in [-0.1, -0.05) is 48.0 Å². The Morgan fingerprint density at radius 2 is 1.66 bits per heavy atom. The summed E-state index contributed by atoms with van der Waals surface area (Å²) in [7, 11) is 0. The first kappa shape index (κ1) is 23.8.